The zero-order chi connectivity index (χ0) is 30.2. The highest BCUT2D eigenvalue weighted by Gasteiger charge is 2.76. The molecule has 0 saturated carbocycles. The molecule has 0 aliphatic carbocycles. The van der Waals surface area contributed by atoms with Crippen molar-refractivity contribution in [2.24, 2.45) is 11.8 Å². The Bertz CT molecular complexity index is 1360. The maximum Gasteiger partial charge on any atom is 0.251 e. The maximum absolute atomic E-state index is 14.7. The molecule has 42 heavy (non-hydrogen) atoms. The molecule has 3 amide bonds. The zero-order valence-corrected chi connectivity index (χ0v) is 26.2. The number of alkyl halides is 1. The number of ether oxygens (including phenoxy) is 1. The number of benzene rings is 2. The van der Waals surface area contributed by atoms with Gasteiger partial charge in [-0.05, 0) is 49.7 Å². The summed E-state index contributed by atoms with van der Waals surface area (Å²) in [5.41, 5.74) is 1.37. The lowest BCUT2D eigenvalue weighted by molar-refractivity contribution is -0.141. The summed E-state index contributed by atoms with van der Waals surface area (Å²) in [6.45, 7) is 9.69. The van der Waals surface area contributed by atoms with Crippen LogP contribution in [-0.4, -0.2) is 81.4 Å². The smallest absolute Gasteiger partial charge is 0.251 e. The summed E-state index contributed by atoms with van der Waals surface area (Å²) in [6, 6.07) is 15.0. The number of carbonyl (C=O) groups is 3. The molecule has 2 aromatic rings. The number of aliphatic hydroxyl groups is 1. The highest BCUT2D eigenvalue weighted by Crippen LogP contribution is 2.68. The summed E-state index contributed by atoms with van der Waals surface area (Å²) in [4.78, 5) is 48.3. The van der Waals surface area contributed by atoms with Crippen LogP contribution in [0.5, 0.6) is 5.75 Å². The topological polar surface area (TPSA) is 90.4 Å². The molecule has 2 aromatic carbocycles. The van der Waals surface area contributed by atoms with E-state index < -0.39 is 28.7 Å². The van der Waals surface area contributed by atoms with Gasteiger partial charge in [0.15, 0.2) is 0 Å². The van der Waals surface area contributed by atoms with Gasteiger partial charge in [0.05, 0.1) is 36.3 Å². The lowest BCUT2D eigenvalue weighted by Gasteiger charge is -2.39. The van der Waals surface area contributed by atoms with Gasteiger partial charge in [0, 0.05) is 34.5 Å². The largest absolute Gasteiger partial charge is 0.497 e. The van der Waals surface area contributed by atoms with Crippen LogP contribution in [0.4, 0.5) is 11.4 Å². The third-order valence-corrected chi connectivity index (χ3v) is 11.8. The van der Waals surface area contributed by atoms with E-state index in [1.807, 2.05) is 30.3 Å². The molecule has 222 valence electrons. The Hall–Kier alpha value is -3.08. The molecule has 5 rings (SSSR count). The fourth-order valence-corrected chi connectivity index (χ4v) is 10.4. The number of amides is 3. The van der Waals surface area contributed by atoms with E-state index in [-0.39, 0.29) is 41.0 Å². The monoisotopic (exact) mass is 653 g/mol. The van der Waals surface area contributed by atoms with Gasteiger partial charge in [0.25, 0.3) is 5.91 Å². The van der Waals surface area contributed by atoms with Crippen LogP contribution in [0.1, 0.15) is 13.3 Å². The van der Waals surface area contributed by atoms with E-state index in [2.05, 4.69) is 29.1 Å². The average Bonchev–Trinajstić information content (AvgIpc) is 3.61. The fourth-order valence-electron chi connectivity index (χ4n) is 6.79. The van der Waals surface area contributed by atoms with E-state index in [1.165, 1.54) is 0 Å². The fraction of sp³-hybridized carbons (Fsp3) is 0.406. The van der Waals surface area contributed by atoms with Gasteiger partial charge in [0.2, 0.25) is 11.8 Å². The number of hydrogen-bond donors (Lipinski definition) is 1. The molecular weight excluding hydrogens is 618 g/mol. The summed E-state index contributed by atoms with van der Waals surface area (Å²) >= 11 is 5.41. The first-order valence-corrected chi connectivity index (χ1v) is 15.8. The first kappa shape index (κ1) is 30.4. The van der Waals surface area contributed by atoms with Gasteiger partial charge >= 0.3 is 0 Å². The van der Waals surface area contributed by atoms with Gasteiger partial charge in [-0.25, -0.2) is 0 Å². The van der Waals surface area contributed by atoms with Crippen LogP contribution in [0.15, 0.2) is 79.9 Å². The number of thioether (sulfide) groups is 1. The van der Waals surface area contributed by atoms with Gasteiger partial charge in [-0.15, -0.1) is 24.9 Å². The molecule has 3 aliphatic heterocycles. The van der Waals surface area contributed by atoms with Crippen LogP contribution in [0.25, 0.3) is 0 Å². The van der Waals surface area contributed by atoms with E-state index in [0.717, 1.165) is 5.69 Å². The highest BCUT2D eigenvalue weighted by molar-refractivity contribution is 9.09. The highest BCUT2D eigenvalue weighted by atomic mass is 79.9. The number of halogens is 1. The third kappa shape index (κ3) is 4.87. The van der Waals surface area contributed by atoms with Crippen molar-refractivity contribution in [2.75, 3.05) is 36.6 Å². The minimum Gasteiger partial charge on any atom is -0.497 e. The number of likely N-dealkylation sites (tertiary alicyclic amines) is 1. The average molecular weight is 655 g/mol. The van der Waals surface area contributed by atoms with Crippen LogP contribution in [0, 0.1) is 11.8 Å². The van der Waals surface area contributed by atoms with Crippen molar-refractivity contribution in [1.82, 2.24) is 4.90 Å². The minimum atomic E-state index is -0.878. The SMILES string of the molecule is C=CCN(C(=O)C1N([C@H](C)CO)C(=O)[C@@H]2[C@H](C(=O)N(CC=C)c3ccccc3)[C@H]3SC12CC3Br)c1ccc(OC)cc1. The lowest BCUT2D eigenvalue weighted by Crippen LogP contribution is -2.57. The molecule has 0 aromatic heterocycles. The standard InChI is InChI=1S/C32H36BrN3O5S/c1-5-16-34(21-10-8-7-9-11-21)29(38)25-26-30(39)36(20(3)19-37)28(32(26)18-24(33)27(25)42-32)31(40)35(17-6-2)22-12-14-23(41-4)15-13-22/h5-15,20,24-28,37H,1-2,16-19H2,3-4H3/t20-,24?,25+,26+,27+,28?,32?/m1/s1. The second-order valence-electron chi connectivity index (χ2n) is 10.9. The number of fused-ring (bicyclic) bond motifs is 1. The summed E-state index contributed by atoms with van der Waals surface area (Å²) in [5, 5.41) is 10.0. The van der Waals surface area contributed by atoms with Gasteiger partial charge in [-0.2, -0.15) is 0 Å². The van der Waals surface area contributed by atoms with Crippen molar-refractivity contribution in [3.05, 3.63) is 79.9 Å². The van der Waals surface area contributed by atoms with Crippen molar-refractivity contribution in [3.63, 3.8) is 0 Å². The molecule has 7 atom stereocenters. The van der Waals surface area contributed by atoms with E-state index in [0.29, 0.717) is 24.4 Å². The van der Waals surface area contributed by atoms with E-state index >= 15 is 0 Å². The van der Waals surface area contributed by atoms with Crippen LogP contribution in [0.2, 0.25) is 0 Å². The van der Waals surface area contributed by atoms with E-state index in [4.69, 9.17) is 4.74 Å². The number of nitrogens with zero attached hydrogens (tertiary/aromatic N) is 3. The van der Waals surface area contributed by atoms with Crippen LogP contribution in [0.3, 0.4) is 0 Å². The molecule has 3 heterocycles. The first-order valence-electron chi connectivity index (χ1n) is 14.0. The quantitative estimate of drug-likeness (QED) is 0.288. The van der Waals surface area contributed by atoms with Gasteiger partial charge < -0.3 is 24.5 Å². The van der Waals surface area contributed by atoms with Crippen molar-refractivity contribution < 1.29 is 24.2 Å². The summed E-state index contributed by atoms with van der Waals surface area (Å²) in [5.74, 6) is -1.39. The second-order valence-corrected chi connectivity index (χ2v) is 13.7. The number of para-hydroxylation sites is 1. The summed E-state index contributed by atoms with van der Waals surface area (Å²) in [6.07, 6.45) is 3.88. The van der Waals surface area contributed by atoms with E-state index in [1.54, 1.807) is 76.9 Å². The van der Waals surface area contributed by atoms with E-state index in [9.17, 15) is 19.5 Å². The Balaban J connectivity index is 1.59. The van der Waals surface area contributed by atoms with Gasteiger partial charge in [-0.1, -0.05) is 46.3 Å². The molecule has 3 unspecified atom stereocenters. The number of hydrogen-bond acceptors (Lipinski definition) is 6. The number of methoxy groups -OCH3 is 1. The van der Waals surface area contributed by atoms with Crippen LogP contribution >= 0.6 is 27.7 Å². The Labute approximate surface area is 259 Å². The zero-order valence-electron chi connectivity index (χ0n) is 23.8. The third-order valence-electron chi connectivity index (χ3n) is 8.59. The number of rotatable bonds is 11. The predicted molar refractivity (Wildman–Crippen MR) is 170 cm³/mol. The first-order chi connectivity index (χ1) is 20.2. The van der Waals surface area contributed by atoms with Gasteiger partial charge in [-0.3, -0.25) is 14.4 Å². The Morgan fingerprint density at radius 3 is 2.26 bits per heavy atom. The number of carbonyl (C=O) groups excluding carboxylic acids is 3. The number of anilines is 2. The molecule has 3 fully saturated rings. The van der Waals surface area contributed by atoms with Gasteiger partial charge in [0.1, 0.15) is 11.8 Å². The summed E-state index contributed by atoms with van der Waals surface area (Å²) < 4.78 is 4.45. The molecule has 2 bridgehead atoms. The summed E-state index contributed by atoms with van der Waals surface area (Å²) in [7, 11) is 1.58. The Morgan fingerprint density at radius 1 is 1.10 bits per heavy atom. The molecule has 1 spiro atoms. The lowest BCUT2D eigenvalue weighted by atomic mass is 9.70. The van der Waals surface area contributed by atoms with Crippen molar-refractivity contribution in [1.29, 1.82) is 0 Å². The molecule has 3 aliphatic rings. The molecule has 1 N–H and O–H groups in total. The maximum atomic E-state index is 14.7. The predicted octanol–water partition coefficient (Wildman–Crippen LogP) is 4.28. The normalized spacial score (nSPS) is 28.2. The molecule has 0 radical (unpaired) electrons. The molecular formula is C32H36BrN3O5S. The second kappa shape index (κ2) is 12.3. The Morgan fingerprint density at radius 2 is 1.69 bits per heavy atom. The van der Waals surface area contributed by atoms with Crippen molar-refractivity contribution in [3.8, 4) is 5.75 Å². The molecule has 8 nitrogen and oxygen atoms in total. The molecule has 3 saturated heterocycles. The Kier molecular flexibility index (Phi) is 8.87. The van der Waals surface area contributed by atoms with Crippen molar-refractivity contribution in [2.45, 2.75) is 40.3 Å². The molecule has 10 heteroatoms. The minimum absolute atomic E-state index is 0.0737. The van der Waals surface area contributed by atoms with Crippen LogP contribution < -0.4 is 14.5 Å². The number of aliphatic hydroxyl groups excluding tert-OH is 1. The van der Waals surface area contributed by atoms with Crippen molar-refractivity contribution >= 4 is 56.8 Å². The van der Waals surface area contributed by atoms with Crippen LogP contribution in [-0.2, 0) is 14.4 Å².